The zero-order valence-corrected chi connectivity index (χ0v) is 29.2. The predicted octanol–water partition coefficient (Wildman–Crippen LogP) is 7.38. The first kappa shape index (κ1) is 34.7. The molecule has 0 N–H and O–H groups in total. The standard InChI is InChI=1S/C35H43Cl2N5O5/c1-23-26(22-40-10-8-24(9-11-40)16-32(43)45-5)19-30(25-17-27(36)20-28(37)18-25)39-33(23)46-29-6-7-31(38-21-29)41-12-14-42(15-13-41)34(44)47-35(2,3)4/h6-7,17-21,24H,8-16,22H2,1-5H3. The molecule has 12 heteroatoms. The van der Waals surface area contributed by atoms with E-state index in [0.29, 0.717) is 72.4 Å². The van der Waals surface area contributed by atoms with Gasteiger partial charge in [-0.25, -0.2) is 14.8 Å². The van der Waals surface area contributed by atoms with Crippen LogP contribution in [0.15, 0.2) is 42.6 Å². The van der Waals surface area contributed by atoms with Crippen LogP contribution in [0, 0.1) is 12.8 Å². The van der Waals surface area contributed by atoms with E-state index >= 15 is 0 Å². The number of aromatic nitrogens is 2. The summed E-state index contributed by atoms with van der Waals surface area (Å²) in [5.74, 6) is 2.04. The van der Waals surface area contributed by atoms with Crippen molar-refractivity contribution in [3.8, 4) is 22.9 Å². The van der Waals surface area contributed by atoms with Gasteiger partial charge in [0.1, 0.15) is 17.2 Å². The molecule has 0 saturated carbocycles. The van der Waals surface area contributed by atoms with Crippen molar-refractivity contribution in [3.05, 3.63) is 63.8 Å². The van der Waals surface area contributed by atoms with Crippen LogP contribution in [0.25, 0.3) is 11.3 Å². The summed E-state index contributed by atoms with van der Waals surface area (Å²) in [5.41, 5.74) is 2.99. The summed E-state index contributed by atoms with van der Waals surface area (Å²) in [5, 5.41) is 1.05. The number of ether oxygens (including phenoxy) is 3. The molecular formula is C35H43Cl2N5O5. The van der Waals surface area contributed by atoms with Crippen molar-refractivity contribution < 1.29 is 23.8 Å². The molecule has 1 aromatic carbocycles. The van der Waals surface area contributed by atoms with Gasteiger partial charge in [-0.15, -0.1) is 0 Å². The SMILES string of the molecule is COC(=O)CC1CCN(Cc2cc(-c3cc(Cl)cc(Cl)c3)nc(Oc3ccc(N4CCN(C(=O)OC(C)(C)C)CC4)nc3)c2C)CC1. The van der Waals surface area contributed by atoms with Gasteiger partial charge in [-0.2, -0.15) is 0 Å². The van der Waals surface area contributed by atoms with Crippen LogP contribution in [0.2, 0.25) is 10.0 Å². The summed E-state index contributed by atoms with van der Waals surface area (Å²) < 4.78 is 16.8. The fraction of sp³-hybridized carbons (Fsp3) is 0.486. The molecule has 0 spiro atoms. The first-order chi connectivity index (χ1) is 22.4. The highest BCUT2D eigenvalue weighted by Gasteiger charge is 2.27. The number of anilines is 1. The summed E-state index contributed by atoms with van der Waals surface area (Å²) in [6.45, 7) is 12.5. The smallest absolute Gasteiger partial charge is 0.410 e. The average molecular weight is 685 g/mol. The lowest BCUT2D eigenvalue weighted by atomic mass is 9.93. The molecule has 0 radical (unpaired) electrons. The first-order valence-electron chi connectivity index (χ1n) is 16.0. The Bertz CT molecular complexity index is 1540. The van der Waals surface area contributed by atoms with E-state index in [-0.39, 0.29) is 12.1 Å². The Hall–Kier alpha value is -3.60. The van der Waals surface area contributed by atoms with Crippen LogP contribution >= 0.6 is 23.2 Å². The molecule has 47 heavy (non-hydrogen) atoms. The minimum Gasteiger partial charge on any atom is -0.469 e. The Morgan fingerprint density at radius 2 is 1.64 bits per heavy atom. The topological polar surface area (TPSA) is 97.3 Å². The molecule has 0 aliphatic carbocycles. The van der Waals surface area contributed by atoms with Crippen molar-refractivity contribution in [2.45, 2.75) is 59.1 Å². The third kappa shape index (κ3) is 9.49. The number of hydrogen-bond donors (Lipinski definition) is 0. The molecule has 4 heterocycles. The molecule has 2 aliphatic rings. The number of carbonyl (C=O) groups is 2. The lowest BCUT2D eigenvalue weighted by Gasteiger charge is -2.36. The number of rotatable bonds is 8. The number of amides is 1. The van der Waals surface area contributed by atoms with Gasteiger partial charge in [-0.3, -0.25) is 9.69 Å². The molecule has 3 aromatic rings. The number of nitrogens with zero attached hydrogens (tertiary/aromatic N) is 5. The second-order valence-electron chi connectivity index (χ2n) is 13.2. The van der Waals surface area contributed by atoms with E-state index in [2.05, 4.69) is 20.9 Å². The molecule has 5 rings (SSSR count). The van der Waals surface area contributed by atoms with E-state index in [9.17, 15) is 9.59 Å². The molecule has 1 amide bonds. The molecule has 0 atom stereocenters. The van der Waals surface area contributed by atoms with E-state index in [1.807, 2.05) is 52.0 Å². The van der Waals surface area contributed by atoms with Crippen LogP contribution < -0.4 is 9.64 Å². The van der Waals surface area contributed by atoms with Crippen LogP contribution in [-0.2, 0) is 20.8 Å². The van der Waals surface area contributed by atoms with Gasteiger partial charge in [0.25, 0.3) is 0 Å². The molecule has 0 unspecified atom stereocenters. The van der Waals surface area contributed by atoms with Crippen molar-refractivity contribution in [3.63, 3.8) is 0 Å². The zero-order valence-electron chi connectivity index (χ0n) is 27.7. The summed E-state index contributed by atoms with van der Waals surface area (Å²) in [4.78, 5) is 40.1. The van der Waals surface area contributed by atoms with Crippen LogP contribution in [-0.4, -0.2) is 83.8 Å². The minimum atomic E-state index is -0.524. The first-order valence-corrected chi connectivity index (χ1v) is 16.8. The lowest BCUT2D eigenvalue weighted by Crippen LogP contribution is -2.50. The average Bonchev–Trinajstić information content (AvgIpc) is 3.03. The van der Waals surface area contributed by atoms with Gasteiger partial charge in [-0.05, 0) is 102 Å². The Morgan fingerprint density at radius 3 is 2.23 bits per heavy atom. The molecular weight excluding hydrogens is 641 g/mol. The van der Waals surface area contributed by atoms with Gasteiger partial charge in [0.05, 0.1) is 19.0 Å². The largest absolute Gasteiger partial charge is 0.469 e. The molecule has 252 valence electrons. The van der Waals surface area contributed by atoms with Gasteiger partial charge < -0.3 is 24.0 Å². The van der Waals surface area contributed by atoms with Crippen LogP contribution in [0.4, 0.5) is 10.6 Å². The summed E-state index contributed by atoms with van der Waals surface area (Å²) in [6, 6.07) is 11.3. The van der Waals surface area contributed by atoms with Crippen molar-refractivity contribution in [1.82, 2.24) is 19.8 Å². The molecule has 0 bridgehead atoms. The zero-order chi connectivity index (χ0) is 33.7. The monoisotopic (exact) mass is 683 g/mol. The number of likely N-dealkylation sites (tertiary alicyclic amines) is 1. The summed E-state index contributed by atoms with van der Waals surface area (Å²) in [6.07, 6.45) is 3.75. The fourth-order valence-electron chi connectivity index (χ4n) is 5.83. The van der Waals surface area contributed by atoms with E-state index in [1.54, 1.807) is 17.2 Å². The number of carbonyl (C=O) groups excluding carboxylic acids is 2. The van der Waals surface area contributed by atoms with E-state index in [0.717, 1.165) is 48.4 Å². The van der Waals surface area contributed by atoms with Crippen LogP contribution in [0.3, 0.4) is 0 Å². The van der Waals surface area contributed by atoms with Crippen LogP contribution in [0.1, 0.15) is 51.2 Å². The highest BCUT2D eigenvalue weighted by molar-refractivity contribution is 6.35. The third-order valence-electron chi connectivity index (χ3n) is 8.47. The number of esters is 1. The second kappa shape index (κ2) is 15.1. The van der Waals surface area contributed by atoms with Crippen molar-refractivity contribution in [2.24, 2.45) is 5.92 Å². The van der Waals surface area contributed by atoms with E-state index in [1.165, 1.54) is 7.11 Å². The van der Waals surface area contributed by atoms with Gasteiger partial charge in [0, 0.05) is 60.3 Å². The van der Waals surface area contributed by atoms with Crippen molar-refractivity contribution >= 4 is 41.1 Å². The Morgan fingerprint density at radius 1 is 0.957 bits per heavy atom. The maximum atomic E-state index is 12.5. The second-order valence-corrected chi connectivity index (χ2v) is 14.0. The normalized spacial score (nSPS) is 16.2. The number of piperazine rings is 1. The summed E-state index contributed by atoms with van der Waals surface area (Å²) in [7, 11) is 1.44. The molecule has 2 aliphatic heterocycles. The maximum absolute atomic E-state index is 12.5. The molecule has 2 fully saturated rings. The number of methoxy groups -OCH3 is 1. The Kier molecular flexibility index (Phi) is 11.1. The highest BCUT2D eigenvalue weighted by Crippen LogP contribution is 2.34. The van der Waals surface area contributed by atoms with Crippen molar-refractivity contribution in [1.29, 1.82) is 0 Å². The highest BCUT2D eigenvalue weighted by atomic mass is 35.5. The fourth-order valence-corrected chi connectivity index (χ4v) is 6.36. The molecule has 10 nitrogen and oxygen atoms in total. The third-order valence-corrected chi connectivity index (χ3v) is 8.90. The number of hydrogen-bond acceptors (Lipinski definition) is 9. The number of pyridine rings is 2. The van der Waals surface area contributed by atoms with Gasteiger partial charge in [0.15, 0.2) is 0 Å². The van der Waals surface area contributed by atoms with Crippen molar-refractivity contribution in [2.75, 3.05) is 51.3 Å². The number of benzene rings is 1. The van der Waals surface area contributed by atoms with Gasteiger partial charge in [-0.1, -0.05) is 23.2 Å². The van der Waals surface area contributed by atoms with E-state index in [4.69, 9.17) is 42.4 Å². The van der Waals surface area contributed by atoms with E-state index < -0.39 is 5.60 Å². The molecule has 2 aromatic heterocycles. The molecule has 2 saturated heterocycles. The van der Waals surface area contributed by atoms with Crippen LogP contribution in [0.5, 0.6) is 11.6 Å². The Balaban J connectivity index is 1.30. The minimum absolute atomic E-state index is 0.150. The maximum Gasteiger partial charge on any atom is 0.410 e. The number of halogens is 2. The number of piperidine rings is 1. The summed E-state index contributed by atoms with van der Waals surface area (Å²) >= 11 is 12.7. The van der Waals surface area contributed by atoms with Gasteiger partial charge in [0.2, 0.25) is 5.88 Å². The Labute approximate surface area is 286 Å². The van der Waals surface area contributed by atoms with Gasteiger partial charge >= 0.3 is 12.1 Å². The quantitative estimate of drug-likeness (QED) is 0.225. The predicted molar refractivity (Wildman–Crippen MR) is 183 cm³/mol. The lowest BCUT2D eigenvalue weighted by molar-refractivity contribution is -0.142.